The van der Waals surface area contributed by atoms with Gasteiger partial charge < -0.3 is 5.32 Å². The van der Waals surface area contributed by atoms with E-state index in [2.05, 4.69) is 5.32 Å². The average molecular weight is 389 g/mol. The number of anilines is 1. The Hall–Kier alpha value is -2.34. The summed E-state index contributed by atoms with van der Waals surface area (Å²) in [5.41, 5.74) is 3.45. The first kappa shape index (κ1) is 21.0. The molecule has 0 saturated heterocycles. The van der Waals surface area contributed by atoms with Crippen molar-refractivity contribution in [2.24, 2.45) is 0 Å². The Labute approximate surface area is 162 Å². The number of rotatable bonds is 8. The van der Waals surface area contributed by atoms with Gasteiger partial charge in [0.05, 0.1) is 11.9 Å². The van der Waals surface area contributed by atoms with E-state index in [9.17, 15) is 13.2 Å². The molecular formula is C21H28N2O3S. The summed E-state index contributed by atoms with van der Waals surface area (Å²) in [6.07, 6.45) is 2.23. The van der Waals surface area contributed by atoms with Gasteiger partial charge in [-0.2, -0.15) is 0 Å². The largest absolute Gasteiger partial charge is 0.354 e. The zero-order valence-corrected chi connectivity index (χ0v) is 17.2. The van der Waals surface area contributed by atoms with Crippen LogP contribution in [-0.4, -0.2) is 33.2 Å². The van der Waals surface area contributed by atoms with Crippen molar-refractivity contribution in [3.8, 4) is 0 Å². The molecule has 146 valence electrons. The van der Waals surface area contributed by atoms with Crippen LogP contribution in [0.1, 0.15) is 30.0 Å². The molecule has 0 aliphatic heterocycles. The van der Waals surface area contributed by atoms with E-state index < -0.39 is 16.1 Å². The minimum atomic E-state index is -3.62. The lowest BCUT2D eigenvalue weighted by Crippen LogP contribution is -2.49. The van der Waals surface area contributed by atoms with E-state index in [-0.39, 0.29) is 5.91 Å². The Kier molecular flexibility index (Phi) is 7.02. The second-order valence-corrected chi connectivity index (χ2v) is 8.66. The molecule has 0 aromatic heterocycles. The molecule has 0 aliphatic rings. The Balaban J connectivity index is 2.22. The van der Waals surface area contributed by atoms with Gasteiger partial charge in [-0.15, -0.1) is 0 Å². The lowest BCUT2D eigenvalue weighted by atomic mass is 10.1. The highest BCUT2D eigenvalue weighted by molar-refractivity contribution is 7.92. The number of carbonyl (C=O) groups is 1. The number of carbonyl (C=O) groups excluding carboxylic acids is 1. The first-order valence-corrected chi connectivity index (χ1v) is 11.0. The molecule has 1 amide bonds. The van der Waals surface area contributed by atoms with Gasteiger partial charge in [-0.1, -0.05) is 49.4 Å². The molecule has 5 nitrogen and oxygen atoms in total. The zero-order valence-electron chi connectivity index (χ0n) is 16.4. The fourth-order valence-electron chi connectivity index (χ4n) is 3.08. The van der Waals surface area contributed by atoms with Gasteiger partial charge in [0.1, 0.15) is 6.04 Å². The van der Waals surface area contributed by atoms with Crippen molar-refractivity contribution in [1.29, 1.82) is 0 Å². The van der Waals surface area contributed by atoms with E-state index in [1.165, 1.54) is 4.31 Å². The molecule has 0 saturated carbocycles. The van der Waals surface area contributed by atoms with E-state index in [1.54, 1.807) is 0 Å². The van der Waals surface area contributed by atoms with Crippen molar-refractivity contribution in [3.63, 3.8) is 0 Å². The fraction of sp³-hybridized carbons (Fsp3) is 0.381. The highest BCUT2D eigenvalue weighted by atomic mass is 32.2. The fourth-order valence-corrected chi connectivity index (χ4v) is 4.35. The van der Waals surface area contributed by atoms with Crippen LogP contribution in [-0.2, 0) is 21.2 Å². The maximum Gasteiger partial charge on any atom is 0.243 e. The standard InChI is InChI=1S/C21H28N2O3S/c1-5-19(21(24)22-14-13-18-9-7-6-8-10-18)23(27(4,25)26)20-15-16(2)11-12-17(20)3/h6-12,15,19H,5,13-14H2,1-4H3,(H,22,24)/t19-/m1/s1. The van der Waals surface area contributed by atoms with Crippen LogP contribution >= 0.6 is 0 Å². The SMILES string of the molecule is CC[C@H](C(=O)NCCc1ccccc1)N(c1cc(C)ccc1C)S(C)(=O)=O. The summed E-state index contributed by atoms with van der Waals surface area (Å²) in [5, 5.41) is 2.89. The minimum Gasteiger partial charge on any atom is -0.354 e. The third kappa shape index (κ3) is 5.57. The highest BCUT2D eigenvalue weighted by Gasteiger charge is 2.32. The van der Waals surface area contributed by atoms with Crippen LogP contribution in [0, 0.1) is 13.8 Å². The summed E-state index contributed by atoms with van der Waals surface area (Å²) >= 11 is 0. The second-order valence-electron chi connectivity index (χ2n) is 6.80. The smallest absolute Gasteiger partial charge is 0.243 e. The predicted octanol–water partition coefficient (Wildman–Crippen LogP) is 3.21. The number of aryl methyl sites for hydroxylation is 2. The molecule has 2 rings (SSSR count). The quantitative estimate of drug-likeness (QED) is 0.755. The molecule has 0 spiro atoms. The Bertz CT molecular complexity index is 880. The van der Waals surface area contributed by atoms with E-state index in [0.29, 0.717) is 25.1 Å². The number of hydrogen-bond donors (Lipinski definition) is 1. The summed E-state index contributed by atoms with van der Waals surface area (Å²) in [6, 6.07) is 14.7. The van der Waals surface area contributed by atoms with E-state index in [0.717, 1.165) is 22.9 Å². The van der Waals surface area contributed by atoms with Crippen molar-refractivity contribution in [2.45, 2.75) is 39.7 Å². The molecule has 1 N–H and O–H groups in total. The van der Waals surface area contributed by atoms with E-state index in [1.807, 2.05) is 69.3 Å². The van der Waals surface area contributed by atoms with E-state index >= 15 is 0 Å². The molecule has 0 radical (unpaired) electrons. The molecule has 1 atom stereocenters. The maximum atomic E-state index is 12.8. The third-order valence-corrected chi connectivity index (χ3v) is 5.65. The molecule has 0 heterocycles. The summed E-state index contributed by atoms with van der Waals surface area (Å²) in [5.74, 6) is -0.278. The summed E-state index contributed by atoms with van der Waals surface area (Å²) < 4.78 is 26.3. The van der Waals surface area contributed by atoms with Crippen LogP contribution < -0.4 is 9.62 Å². The van der Waals surface area contributed by atoms with Gasteiger partial charge in [-0.3, -0.25) is 9.10 Å². The van der Waals surface area contributed by atoms with Crippen LogP contribution in [0.4, 0.5) is 5.69 Å². The molecular weight excluding hydrogens is 360 g/mol. The van der Waals surface area contributed by atoms with Crippen LogP contribution in [0.3, 0.4) is 0 Å². The molecule has 0 aliphatic carbocycles. The lowest BCUT2D eigenvalue weighted by Gasteiger charge is -2.31. The van der Waals surface area contributed by atoms with Crippen molar-refractivity contribution in [2.75, 3.05) is 17.1 Å². The van der Waals surface area contributed by atoms with Gasteiger partial charge in [-0.05, 0) is 49.4 Å². The second kappa shape index (κ2) is 9.04. The molecule has 0 unspecified atom stereocenters. The minimum absolute atomic E-state index is 0.278. The Morgan fingerprint density at radius 2 is 1.78 bits per heavy atom. The number of hydrogen-bond acceptors (Lipinski definition) is 3. The van der Waals surface area contributed by atoms with Crippen molar-refractivity contribution in [3.05, 3.63) is 65.2 Å². The van der Waals surface area contributed by atoms with Crippen LogP contribution in [0.25, 0.3) is 0 Å². The Morgan fingerprint density at radius 1 is 1.11 bits per heavy atom. The van der Waals surface area contributed by atoms with Crippen LogP contribution in [0.2, 0.25) is 0 Å². The number of nitrogens with zero attached hydrogens (tertiary/aromatic N) is 1. The number of nitrogens with one attached hydrogen (secondary N) is 1. The summed E-state index contributed by atoms with van der Waals surface area (Å²) in [4.78, 5) is 12.8. The third-order valence-electron chi connectivity index (χ3n) is 4.49. The molecule has 0 bridgehead atoms. The summed E-state index contributed by atoms with van der Waals surface area (Å²) in [6.45, 7) is 6.05. The topological polar surface area (TPSA) is 66.5 Å². The Morgan fingerprint density at radius 3 is 2.37 bits per heavy atom. The van der Waals surface area contributed by atoms with Gasteiger partial charge in [0, 0.05) is 6.54 Å². The van der Waals surface area contributed by atoms with Gasteiger partial charge in [-0.25, -0.2) is 8.42 Å². The normalized spacial score (nSPS) is 12.4. The van der Waals surface area contributed by atoms with Crippen molar-refractivity contribution >= 4 is 21.6 Å². The maximum absolute atomic E-state index is 12.8. The van der Waals surface area contributed by atoms with Crippen molar-refractivity contribution < 1.29 is 13.2 Å². The first-order valence-electron chi connectivity index (χ1n) is 9.12. The molecule has 2 aromatic carbocycles. The molecule has 6 heteroatoms. The van der Waals surface area contributed by atoms with Gasteiger partial charge in [0.15, 0.2) is 0 Å². The monoisotopic (exact) mass is 388 g/mol. The van der Waals surface area contributed by atoms with Crippen molar-refractivity contribution in [1.82, 2.24) is 5.32 Å². The molecule has 2 aromatic rings. The summed E-state index contributed by atoms with van der Waals surface area (Å²) in [7, 11) is -3.62. The predicted molar refractivity (Wildman–Crippen MR) is 110 cm³/mol. The van der Waals surface area contributed by atoms with Gasteiger partial charge >= 0.3 is 0 Å². The number of sulfonamides is 1. The first-order chi connectivity index (χ1) is 12.7. The van der Waals surface area contributed by atoms with Crippen LogP contribution in [0.5, 0.6) is 0 Å². The van der Waals surface area contributed by atoms with Gasteiger partial charge in [0.2, 0.25) is 15.9 Å². The van der Waals surface area contributed by atoms with Gasteiger partial charge in [0.25, 0.3) is 0 Å². The average Bonchev–Trinajstić information content (AvgIpc) is 2.61. The highest BCUT2D eigenvalue weighted by Crippen LogP contribution is 2.27. The number of benzene rings is 2. The zero-order chi connectivity index (χ0) is 20.0. The van der Waals surface area contributed by atoms with Crippen LogP contribution in [0.15, 0.2) is 48.5 Å². The number of amides is 1. The molecule has 0 fully saturated rings. The molecule has 27 heavy (non-hydrogen) atoms. The lowest BCUT2D eigenvalue weighted by molar-refractivity contribution is -0.122. The van der Waals surface area contributed by atoms with E-state index in [4.69, 9.17) is 0 Å².